The topological polar surface area (TPSA) is 78.5 Å². The van der Waals surface area contributed by atoms with Gasteiger partial charge in [-0.15, -0.1) is 0 Å². The highest BCUT2D eigenvalue weighted by molar-refractivity contribution is 7.89. The van der Waals surface area contributed by atoms with Gasteiger partial charge in [-0.25, -0.2) is 13.1 Å². The van der Waals surface area contributed by atoms with Crippen LogP contribution in [0.1, 0.15) is 25.3 Å². The van der Waals surface area contributed by atoms with E-state index in [1.165, 1.54) is 6.92 Å². The van der Waals surface area contributed by atoms with Gasteiger partial charge >= 0.3 is 0 Å². The second-order valence-electron chi connectivity index (χ2n) is 5.42. The summed E-state index contributed by atoms with van der Waals surface area (Å²) in [5.74, 6) is -0.0579. The number of carbonyl (C=O) groups is 1. The van der Waals surface area contributed by atoms with E-state index in [4.69, 9.17) is 0 Å². The number of benzene rings is 1. The number of anilines is 1. The zero-order chi connectivity index (χ0) is 16.2. The minimum absolute atomic E-state index is 0.0579. The summed E-state index contributed by atoms with van der Waals surface area (Å²) in [5.41, 5.74) is 1.74. The lowest BCUT2D eigenvalue weighted by Gasteiger charge is -2.29. The Morgan fingerprint density at radius 2 is 2.09 bits per heavy atom. The fourth-order valence-corrected chi connectivity index (χ4v) is 3.70. The van der Waals surface area contributed by atoms with Crippen LogP contribution in [0.2, 0.25) is 0 Å². The smallest absolute Gasteiger partial charge is 0.240 e. The molecule has 0 aromatic heterocycles. The standard InChI is InChI=1S/C15H23N3O3S/c1-12(19)18-10-3-5-13-6-7-14(11-15(13)18)22(20,21)17-9-4-8-16-2/h6-7,11,16-17H,3-5,8-10H2,1-2H3. The molecule has 0 fully saturated rings. The number of sulfonamides is 1. The number of nitrogens with one attached hydrogen (secondary N) is 2. The van der Waals surface area contributed by atoms with E-state index in [2.05, 4.69) is 10.0 Å². The molecular weight excluding hydrogens is 302 g/mol. The van der Waals surface area contributed by atoms with E-state index in [0.717, 1.165) is 37.1 Å². The van der Waals surface area contributed by atoms with Gasteiger partial charge in [-0.3, -0.25) is 4.79 Å². The van der Waals surface area contributed by atoms with E-state index < -0.39 is 10.0 Å². The second kappa shape index (κ2) is 7.21. The molecule has 1 amide bonds. The van der Waals surface area contributed by atoms with Gasteiger partial charge in [0.15, 0.2) is 0 Å². The van der Waals surface area contributed by atoms with Gasteiger partial charge in [0.2, 0.25) is 15.9 Å². The number of nitrogens with zero attached hydrogens (tertiary/aromatic N) is 1. The summed E-state index contributed by atoms with van der Waals surface area (Å²) in [6, 6.07) is 5.03. The molecule has 0 saturated heterocycles. The maximum absolute atomic E-state index is 12.3. The Labute approximate surface area is 131 Å². The monoisotopic (exact) mass is 325 g/mol. The van der Waals surface area contributed by atoms with Crippen LogP contribution in [0.5, 0.6) is 0 Å². The molecule has 0 radical (unpaired) electrons. The van der Waals surface area contributed by atoms with E-state index in [1.54, 1.807) is 17.0 Å². The van der Waals surface area contributed by atoms with Crippen LogP contribution in [0.15, 0.2) is 23.1 Å². The molecule has 1 aliphatic heterocycles. The van der Waals surface area contributed by atoms with Gasteiger partial charge in [-0.1, -0.05) is 6.07 Å². The molecular formula is C15H23N3O3S. The minimum atomic E-state index is -3.54. The Hall–Kier alpha value is -1.44. The summed E-state index contributed by atoms with van der Waals surface area (Å²) in [7, 11) is -1.71. The van der Waals surface area contributed by atoms with Gasteiger partial charge in [0.25, 0.3) is 0 Å². The van der Waals surface area contributed by atoms with E-state index in [9.17, 15) is 13.2 Å². The van der Waals surface area contributed by atoms with Gasteiger partial charge in [-0.05, 0) is 50.6 Å². The van der Waals surface area contributed by atoms with E-state index in [1.807, 2.05) is 13.1 Å². The number of amides is 1. The Morgan fingerprint density at radius 1 is 1.32 bits per heavy atom. The zero-order valence-corrected chi connectivity index (χ0v) is 13.9. The second-order valence-corrected chi connectivity index (χ2v) is 7.19. The van der Waals surface area contributed by atoms with Crippen molar-refractivity contribution in [2.75, 3.05) is 31.6 Å². The average Bonchev–Trinajstić information content (AvgIpc) is 2.50. The van der Waals surface area contributed by atoms with Crippen molar-refractivity contribution in [2.24, 2.45) is 0 Å². The molecule has 1 aliphatic rings. The summed E-state index contributed by atoms with van der Waals surface area (Å²) < 4.78 is 27.2. The molecule has 2 rings (SSSR count). The number of hydrogen-bond donors (Lipinski definition) is 2. The van der Waals surface area contributed by atoms with Crippen molar-refractivity contribution in [1.29, 1.82) is 0 Å². The maximum atomic E-state index is 12.3. The zero-order valence-electron chi connectivity index (χ0n) is 13.1. The summed E-state index contributed by atoms with van der Waals surface area (Å²) in [5, 5.41) is 2.97. The van der Waals surface area contributed by atoms with Gasteiger partial charge in [0.05, 0.1) is 4.90 Å². The number of hydrogen-bond acceptors (Lipinski definition) is 4. The molecule has 7 heteroatoms. The van der Waals surface area contributed by atoms with Gasteiger partial charge in [-0.2, -0.15) is 0 Å². The molecule has 0 saturated carbocycles. The number of aryl methyl sites for hydroxylation is 1. The van der Waals surface area contributed by atoms with Crippen LogP contribution in [0.4, 0.5) is 5.69 Å². The average molecular weight is 325 g/mol. The van der Waals surface area contributed by atoms with Crippen LogP contribution in [0.3, 0.4) is 0 Å². The first-order valence-electron chi connectivity index (χ1n) is 7.51. The predicted octanol–water partition coefficient (Wildman–Crippen LogP) is 0.873. The van der Waals surface area contributed by atoms with Crippen molar-refractivity contribution in [1.82, 2.24) is 10.0 Å². The summed E-state index contributed by atoms with van der Waals surface area (Å²) in [6.45, 7) is 3.29. The van der Waals surface area contributed by atoms with E-state index in [-0.39, 0.29) is 10.8 Å². The van der Waals surface area contributed by atoms with E-state index in [0.29, 0.717) is 13.1 Å². The maximum Gasteiger partial charge on any atom is 0.240 e. The predicted molar refractivity (Wildman–Crippen MR) is 86.5 cm³/mol. The van der Waals surface area contributed by atoms with Crippen molar-refractivity contribution >= 4 is 21.6 Å². The lowest BCUT2D eigenvalue weighted by molar-refractivity contribution is -0.116. The Balaban J connectivity index is 2.22. The molecule has 0 aliphatic carbocycles. The minimum Gasteiger partial charge on any atom is -0.320 e. The molecule has 2 N–H and O–H groups in total. The van der Waals surface area contributed by atoms with Gasteiger partial charge in [0.1, 0.15) is 0 Å². The quantitative estimate of drug-likeness (QED) is 0.761. The molecule has 22 heavy (non-hydrogen) atoms. The number of rotatable bonds is 6. The number of carbonyl (C=O) groups excluding carboxylic acids is 1. The molecule has 0 atom stereocenters. The van der Waals surface area contributed by atoms with Gasteiger partial charge in [0, 0.05) is 25.7 Å². The van der Waals surface area contributed by atoms with Crippen LogP contribution in [-0.2, 0) is 21.2 Å². The summed E-state index contributed by atoms with van der Waals surface area (Å²) in [6.07, 6.45) is 2.50. The third kappa shape index (κ3) is 3.85. The summed E-state index contributed by atoms with van der Waals surface area (Å²) >= 11 is 0. The van der Waals surface area contributed by atoms with Crippen molar-refractivity contribution in [3.63, 3.8) is 0 Å². The number of fused-ring (bicyclic) bond motifs is 1. The third-order valence-corrected chi connectivity index (χ3v) is 5.22. The first-order chi connectivity index (χ1) is 10.5. The molecule has 0 bridgehead atoms. The van der Waals surface area contributed by atoms with Crippen LogP contribution >= 0.6 is 0 Å². The van der Waals surface area contributed by atoms with Crippen LogP contribution in [0, 0.1) is 0 Å². The Bertz CT molecular complexity index is 643. The Morgan fingerprint density at radius 3 is 2.77 bits per heavy atom. The summed E-state index contributed by atoms with van der Waals surface area (Å²) in [4.78, 5) is 13.6. The molecule has 1 heterocycles. The molecule has 0 unspecified atom stereocenters. The van der Waals surface area contributed by atoms with Gasteiger partial charge < -0.3 is 10.2 Å². The van der Waals surface area contributed by atoms with Crippen LogP contribution in [0.25, 0.3) is 0 Å². The lowest BCUT2D eigenvalue weighted by Crippen LogP contribution is -2.34. The highest BCUT2D eigenvalue weighted by Gasteiger charge is 2.23. The normalized spacial score (nSPS) is 14.7. The molecule has 6 nitrogen and oxygen atoms in total. The van der Waals surface area contributed by atoms with Crippen molar-refractivity contribution in [3.8, 4) is 0 Å². The highest BCUT2D eigenvalue weighted by atomic mass is 32.2. The first kappa shape index (κ1) is 16.9. The SMILES string of the molecule is CNCCCNS(=O)(=O)c1ccc2c(c1)N(C(C)=O)CCC2. The lowest BCUT2D eigenvalue weighted by atomic mass is 10.0. The molecule has 0 spiro atoms. The molecule has 1 aromatic rings. The molecule has 122 valence electrons. The highest BCUT2D eigenvalue weighted by Crippen LogP contribution is 2.29. The van der Waals surface area contributed by atoms with E-state index >= 15 is 0 Å². The van der Waals surface area contributed by atoms with Crippen LogP contribution in [-0.4, -0.2) is 41.0 Å². The largest absolute Gasteiger partial charge is 0.320 e. The fourth-order valence-electron chi connectivity index (χ4n) is 2.60. The Kier molecular flexibility index (Phi) is 5.55. The molecule has 1 aromatic carbocycles. The van der Waals surface area contributed by atoms with Crippen molar-refractivity contribution < 1.29 is 13.2 Å². The first-order valence-corrected chi connectivity index (χ1v) is 8.99. The van der Waals surface area contributed by atoms with Crippen molar-refractivity contribution in [2.45, 2.75) is 31.1 Å². The fraction of sp³-hybridized carbons (Fsp3) is 0.533. The van der Waals surface area contributed by atoms with Crippen molar-refractivity contribution in [3.05, 3.63) is 23.8 Å². The van der Waals surface area contributed by atoms with Crippen LogP contribution < -0.4 is 14.9 Å². The third-order valence-electron chi connectivity index (χ3n) is 3.76.